The fraction of sp³-hybridized carbons (Fsp3) is 0.125. The number of anilines is 1. The van der Waals surface area contributed by atoms with E-state index in [9.17, 15) is 14.4 Å². The molecule has 33 heavy (non-hydrogen) atoms. The summed E-state index contributed by atoms with van der Waals surface area (Å²) in [5, 5.41) is 6.26. The zero-order valence-corrected chi connectivity index (χ0v) is 19.1. The summed E-state index contributed by atoms with van der Waals surface area (Å²) >= 11 is 11.9. The van der Waals surface area contributed by atoms with Crippen molar-refractivity contribution in [2.45, 2.75) is 13.5 Å². The third-order valence-electron chi connectivity index (χ3n) is 4.47. The maximum atomic E-state index is 12.6. The summed E-state index contributed by atoms with van der Waals surface area (Å²) in [5.41, 5.74) is 1.99. The smallest absolute Gasteiger partial charge is 0.434 e. The van der Waals surface area contributed by atoms with E-state index in [0.717, 1.165) is 0 Å². The predicted octanol–water partition coefficient (Wildman–Crippen LogP) is 5.71. The van der Waals surface area contributed by atoms with Crippen molar-refractivity contribution in [3.63, 3.8) is 0 Å². The largest absolute Gasteiger partial charge is 0.513 e. The fourth-order valence-electron chi connectivity index (χ4n) is 2.82. The molecule has 0 spiro atoms. The summed E-state index contributed by atoms with van der Waals surface area (Å²) in [6, 6.07) is 17.8. The second-order valence-corrected chi connectivity index (χ2v) is 7.55. The molecule has 0 aliphatic carbocycles. The third kappa shape index (κ3) is 6.71. The summed E-state index contributed by atoms with van der Waals surface area (Å²) in [5.74, 6) is -0.423. The first-order chi connectivity index (χ1) is 15.9. The minimum absolute atomic E-state index is 0.178. The second kappa shape index (κ2) is 11.4. The van der Waals surface area contributed by atoms with Crippen LogP contribution in [0, 0.1) is 0 Å². The summed E-state index contributed by atoms with van der Waals surface area (Å²) in [4.78, 5) is 36.5. The van der Waals surface area contributed by atoms with E-state index in [2.05, 4.69) is 10.6 Å². The number of halogens is 2. The Labute approximate surface area is 200 Å². The molecule has 0 saturated carbocycles. The predicted molar refractivity (Wildman–Crippen MR) is 126 cm³/mol. The van der Waals surface area contributed by atoms with Crippen LogP contribution in [-0.4, -0.2) is 24.6 Å². The summed E-state index contributed by atoms with van der Waals surface area (Å²) in [6.45, 7) is 2.05. The van der Waals surface area contributed by atoms with Gasteiger partial charge in [0.05, 0.1) is 16.7 Å². The van der Waals surface area contributed by atoms with Crippen molar-refractivity contribution in [1.29, 1.82) is 0 Å². The lowest BCUT2D eigenvalue weighted by Gasteiger charge is -2.12. The van der Waals surface area contributed by atoms with Gasteiger partial charge in [0.25, 0.3) is 11.8 Å². The van der Waals surface area contributed by atoms with Crippen LogP contribution >= 0.6 is 23.2 Å². The van der Waals surface area contributed by atoms with Gasteiger partial charge in [-0.15, -0.1) is 0 Å². The first kappa shape index (κ1) is 24.1. The molecule has 0 fully saturated rings. The molecule has 0 aromatic heterocycles. The molecule has 0 aliphatic rings. The standard InChI is InChI=1S/C24H20Cl2N2O5/c1-2-32-24(31)33-18-10-7-15(8-11-18)22(29)27-14-17-5-3-4-6-21(17)28-23(30)16-9-12-19(25)20(26)13-16/h3-13H,2,14H2,1H3,(H,27,29)(H,28,30). The van der Waals surface area contributed by atoms with E-state index in [4.69, 9.17) is 32.7 Å². The van der Waals surface area contributed by atoms with Crippen LogP contribution in [0.5, 0.6) is 5.75 Å². The molecule has 0 bridgehead atoms. The second-order valence-electron chi connectivity index (χ2n) is 6.73. The van der Waals surface area contributed by atoms with Gasteiger partial charge in [0.2, 0.25) is 0 Å². The molecule has 0 heterocycles. The van der Waals surface area contributed by atoms with E-state index in [1.54, 1.807) is 43.3 Å². The van der Waals surface area contributed by atoms with E-state index in [0.29, 0.717) is 27.4 Å². The Balaban J connectivity index is 1.62. The van der Waals surface area contributed by atoms with Gasteiger partial charge < -0.3 is 20.1 Å². The first-order valence-corrected chi connectivity index (χ1v) is 10.7. The van der Waals surface area contributed by atoms with Gasteiger partial charge in [-0.1, -0.05) is 41.4 Å². The van der Waals surface area contributed by atoms with Crippen LogP contribution in [0.15, 0.2) is 66.7 Å². The van der Waals surface area contributed by atoms with Crippen LogP contribution in [0.3, 0.4) is 0 Å². The number of carbonyl (C=O) groups is 3. The molecule has 0 unspecified atom stereocenters. The molecular weight excluding hydrogens is 467 g/mol. The van der Waals surface area contributed by atoms with E-state index < -0.39 is 6.16 Å². The minimum atomic E-state index is -0.811. The van der Waals surface area contributed by atoms with E-state index in [-0.39, 0.29) is 35.7 Å². The maximum Gasteiger partial charge on any atom is 0.513 e. The molecule has 7 nitrogen and oxygen atoms in total. The normalized spacial score (nSPS) is 10.3. The van der Waals surface area contributed by atoms with Crippen LogP contribution in [0.4, 0.5) is 10.5 Å². The quantitative estimate of drug-likeness (QED) is 0.329. The molecule has 3 rings (SSSR count). The number of hydrogen-bond acceptors (Lipinski definition) is 5. The van der Waals surface area contributed by atoms with Crippen LogP contribution in [-0.2, 0) is 11.3 Å². The third-order valence-corrected chi connectivity index (χ3v) is 5.21. The molecular formula is C24H20Cl2N2O5. The van der Waals surface area contributed by atoms with E-state index in [1.807, 2.05) is 0 Å². The monoisotopic (exact) mass is 486 g/mol. The fourth-order valence-corrected chi connectivity index (χ4v) is 3.12. The van der Waals surface area contributed by atoms with Gasteiger partial charge in [0, 0.05) is 23.4 Å². The van der Waals surface area contributed by atoms with Crippen LogP contribution < -0.4 is 15.4 Å². The Morgan fingerprint density at radius 1 is 0.848 bits per heavy atom. The zero-order chi connectivity index (χ0) is 23.8. The van der Waals surface area contributed by atoms with Crippen LogP contribution in [0.2, 0.25) is 10.0 Å². The lowest BCUT2D eigenvalue weighted by Crippen LogP contribution is -2.24. The number of carbonyl (C=O) groups excluding carboxylic acids is 3. The van der Waals surface area contributed by atoms with Crippen molar-refractivity contribution in [2.24, 2.45) is 0 Å². The Hall–Kier alpha value is -3.55. The molecule has 2 N–H and O–H groups in total. The van der Waals surface area contributed by atoms with Crippen LogP contribution in [0.25, 0.3) is 0 Å². The van der Waals surface area contributed by atoms with Gasteiger partial charge in [0.15, 0.2) is 0 Å². The highest BCUT2D eigenvalue weighted by Crippen LogP contribution is 2.24. The first-order valence-electron chi connectivity index (χ1n) is 9.94. The lowest BCUT2D eigenvalue weighted by atomic mass is 10.1. The van der Waals surface area contributed by atoms with Gasteiger partial charge in [-0.25, -0.2) is 4.79 Å². The number of benzene rings is 3. The number of hydrogen-bond donors (Lipinski definition) is 2. The molecule has 0 saturated heterocycles. The molecule has 0 atom stereocenters. The van der Waals surface area contributed by atoms with Crippen molar-refractivity contribution in [3.05, 3.63) is 93.5 Å². The summed E-state index contributed by atoms with van der Waals surface area (Å²) in [7, 11) is 0. The van der Waals surface area contributed by atoms with Gasteiger partial charge in [-0.2, -0.15) is 0 Å². The molecule has 170 valence electrons. The Morgan fingerprint density at radius 3 is 2.24 bits per heavy atom. The molecule has 9 heteroatoms. The number of nitrogens with one attached hydrogen (secondary N) is 2. The molecule has 2 amide bonds. The molecule has 3 aromatic rings. The van der Waals surface area contributed by atoms with Crippen molar-refractivity contribution < 1.29 is 23.9 Å². The number of amides is 2. The molecule has 0 aliphatic heterocycles. The van der Waals surface area contributed by atoms with Crippen molar-refractivity contribution in [3.8, 4) is 5.75 Å². The van der Waals surface area contributed by atoms with Gasteiger partial charge in [-0.05, 0) is 61.0 Å². The topological polar surface area (TPSA) is 93.7 Å². The highest BCUT2D eigenvalue weighted by Gasteiger charge is 2.13. The Bertz CT molecular complexity index is 1170. The lowest BCUT2D eigenvalue weighted by molar-refractivity contribution is 0.0950. The van der Waals surface area contributed by atoms with Crippen molar-refractivity contribution >= 4 is 46.9 Å². The zero-order valence-electron chi connectivity index (χ0n) is 17.6. The Morgan fingerprint density at radius 2 is 1.55 bits per heavy atom. The van der Waals surface area contributed by atoms with Gasteiger partial charge in [0.1, 0.15) is 5.75 Å². The summed E-state index contributed by atoms with van der Waals surface area (Å²) in [6.07, 6.45) is -0.811. The number of para-hydroxylation sites is 1. The average molecular weight is 487 g/mol. The van der Waals surface area contributed by atoms with Gasteiger partial charge in [-0.3, -0.25) is 9.59 Å². The number of rotatable bonds is 7. The molecule has 0 radical (unpaired) electrons. The number of ether oxygens (including phenoxy) is 2. The van der Waals surface area contributed by atoms with Crippen molar-refractivity contribution in [2.75, 3.05) is 11.9 Å². The maximum absolute atomic E-state index is 12.6. The molecule has 3 aromatic carbocycles. The summed E-state index contributed by atoms with van der Waals surface area (Å²) < 4.78 is 9.68. The van der Waals surface area contributed by atoms with E-state index >= 15 is 0 Å². The van der Waals surface area contributed by atoms with Gasteiger partial charge >= 0.3 is 6.16 Å². The highest BCUT2D eigenvalue weighted by molar-refractivity contribution is 6.42. The highest BCUT2D eigenvalue weighted by atomic mass is 35.5. The SMILES string of the molecule is CCOC(=O)Oc1ccc(C(=O)NCc2ccccc2NC(=O)c2ccc(Cl)c(Cl)c2)cc1. The van der Waals surface area contributed by atoms with E-state index in [1.165, 1.54) is 30.3 Å². The van der Waals surface area contributed by atoms with Crippen LogP contribution in [0.1, 0.15) is 33.2 Å². The van der Waals surface area contributed by atoms with Crippen molar-refractivity contribution in [1.82, 2.24) is 5.32 Å². The average Bonchev–Trinajstić information content (AvgIpc) is 2.80. The minimum Gasteiger partial charge on any atom is -0.434 e. The Kier molecular flexibility index (Phi) is 8.29.